The van der Waals surface area contributed by atoms with Gasteiger partial charge in [-0.3, -0.25) is 14.5 Å². The number of nitrogens with two attached hydrogens (primary N) is 1. The Balaban J connectivity index is 1.67. The van der Waals surface area contributed by atoms with Crippen LogP contribution in [0, 0.1) is 5.92 Å². The number of hydrogen-bond donors (Lipinski definition) is 2. The van der Waals surface area contributed by atoms with E-state index >= 15 is 0 Å². The molecule has 0 unspecified atom stereocenters. The van der Waals surface area contributed by atoms with E-state index in [1.54, 1.807) is 11.8 Å². The highest BCUT2D eigenvalue weighted by atomic mass is 35.5. The van der Waals surface area contributed by atoms with Crippen molar-refractivity contribution in [3.8, 4) is 0 Å². The molecule has 23 heavy (non-hydrogen) atoms. The van der Waals surface area contributed by atoms with Gasteiger partial charge in [-0.25, -0.2) is 0 Å². The van der Waals surface area contributed by atoms with Crippen molar-refractivity contribution in [2.75, 3.05) is 31.9 Å². The largest absolute Gasteiger partial charge is 0.369 e. The van der Waals surface area contributed by atoms with Crippen molar-refractivity contribution in [2.24, 2.45) is 11.7 Å². The van der Waals surface area contributed by atoms with E-state index in [2.05, 4.69) is 5.32 Å². The van der Waals surface area contributed by atoms with E-state index in [-0.39, 0.29) is 24.3 Å². The Bertz CT molecular complexity index is 539. The van der Waals surface area contributed by atoms with Crippen LogP contribution in [0.4, 0.5) is 0 Å². The van der Waals surface area contributed by atoms with Crippen LogP contribution in [0.1, 0.15) is 12.8 Å². The zero-order valence-electron chi connectivity index (χ0n) is 13.0. The number of hydrogen-bond acceptors (Lipinski definition) is 4. The highest BCUT2D eigenvalue weighted by Gasteiger charge is 2.26. The van der Waals surface area contributed by atoms with Gasteiger partial charge in [-0.2, -0.15) is 0 Å². The SMILES string of the molecule is NC(=O)CN1CCC[C@@H](C(=O)NCCSc2ccc(Cl)cc2)C1. The van der Waals surface area contributed by atoms with E-state index in [9.17, 15) is 9.59 Å². The molecule has 1 aliphatic rings. The van der Waals surface area contributed by atoms with Gasteiger partial charge in [0.15, 0.2) is 0 Å². The molecule has 1 aromatic carbocycles. The second kappa shape index (κ2) is 9.15. The molecule has 2 amide bonds. The van der Waals surface area contributed by atoms with Crippen LogP contribution >= 0.6 is 23.4 Å². The minimum atomic E-state index is -0.342. The number of thioether (sulfide) groups is 1. The van der Waals surface area contributed by atoms with Crippen LogP contribution in [0.25, 0.3) is 0 Å². The van der Waals surface area contributed by atoms with Gasteiger partial charge in [0.1, 0.15) is 0 Å². The lowest BCUT2D eigenvalue weighted by Gasteiger charge is -2.30. The number of amides is 2. The Morgan fingerprint density at radius 1 is 1.35 bits per heavy atom. The molecule has 0 bridgehead atoms. The maximum atomic E-state index is 12.2. The second-order valence-corrected chi connectivity index (χ2v) is 7.24. The molecule has 0 aromatic heterocycles. The summed E-state index contributed by atoms with van der Waals surface area (Å²) >= 11 is 7.53. The van der Waals surface area contributed by atoms with Crippen LogP contribution < -0.4 is 11.1 Å². The molecular formula is C16H22ClN3O2S. The van der Waals surface area contributed by atoms with Gasteiger partial charge in [0.2, 0.25) is 11.8 Å². The first-order valence-corrected chi connectivity index (χ1v) is 9.07. The predicted molar refractivity (Wildman–Crippen MR) is 93.5 cm³/mol. The van der Waals surface area contributed by atoms with Gasteiger partial charge >= 0.3 is 0 Å². The third-order valence-corrected chi connectivity index (χ3v) is 5.01. The number of nitrogens with one attached hydrogen (secondary N) is 1. The number of primary amides is 1. The molecule has 1 fully saturated rings. The summed E-state index contributed by atoms with van der Waals surface area (Å²) in [4.78, 5) is 26.3. The summed E-state index contributed by atoms with van der Waals surface area (Å²) < 4.78 is 0. The van der Waals surface area contributed by atoms with Crippen molar-refractivity contribution in [3.05, 3.63) is 29.3 Å². The van der Waals surface area contributed by atoms with Crippen LogP contribution in [0.15, 0.2) is 29.2 Å². The van der Waals surface area contributed by atoms with E-state index < -0.39 is 0 Å². The molecule has 1 aliphatic heterocycles. The summed E-state index contributed by atoms with van der Waals surface area (Å²) in [5.41, 5.74) is 5.22. The highest BCUT2D eigenvalue weighted by Crippen LogP contribution is 2.20. The van der Waals surface area contributed by atoms with E-state index in [1.165, 1.54) is 0 Å². The Labute approximate surface area is 145 Å². The van der Waals surface area contributed by atoms with Crippen molar-refractivity contribution >= 4 is 35.2 Å². The number of carbonyl (C=O) groups excluding carboxylic acids is 2. The van der Waals surface area contributed by atoms with Crippen molar-refractivity contribution in [2.45, 2.75) is 17.7 Å². The molecule has 2 rings (SSSR count). The van der Waals surface area contributed by atoms with Crippen LogP contribution in [0.2, 0.25) is 5.02 Å². The lowest BCUT2D eigenvalue weighted by Crippen LogP contribution is -2.46. The number of benzene rings is 1. The van der Waals surface area contributed by atoms with Gasteiger partial charge in [0, 0.05) is 28.8 Å². The Morgan fingerprint density at radius 3 is 2.78 bits per heavy atom. The lowest BCUT2D eigenvalue weighted by molar-refractivity contribution is -0.128. The normalized spacial score (nSPS) is 18.6. The average Bonchev–Trinajstić information content (AvgIpc) is 2.52. The molecule has 0 radical (unpaired) electrons. The van der Waals surface area contributed by atoms with Gasteiger partial charge in [-0.05, 0) is 43.7 Å². The summed E-state index contributed by atoms with van der Waals surface area (Å²) in [6, 6.07) is 7.66. The Kier molecular flexibility index (Phi) is 7.20. The maximum Gasteiger partial charge on any atom is 0.231 e. The number of nitrogens with zero attached hydrogens (tertiary/aromatic N) is 1. The molecule has 0 aliphatic carbocycles. The quantitative estimate of drug-likeness (QED) is 0.577. The Morgan fingerprint density at radius 2 is 2.09 bits per heavy atom. The van der Waals surface area contributed by atoms with E-state index in [1.807, 2.05) is 29.2 Å². The molecule has 0 spiro atoms. The van der Waals surface area contributed by atoms with E-state index in [0.717, 1.165) is 35.1 Å². The fourth-order valence-electron chi connectivity index (χ4n) is 2.65. The minimum Gasteiger partial charge on any atom is -0.369 e. The predicted octanol–water partition coefficient (Wildman–Crippen LogP) is 1.75. The molecule has 7 heteroatoms. The topological polar surface area (TPSA) is 75.4 Å². The average molecular weight is 356 g/mol. The van der Waals surface area contributed by atoms with Crippen LogP contribution in [-0.2, 0) is 9.59 Å². The molecule has 5 nitrogen and oxygen atoms in total. The molecule has 126 valence electrons. The molecule has 0 saturated carbocycles. The fraction of sp³-hybridized carbons (Fsp3) is 0.500. The van der Waals surface area contributed by atoms with Crippen molar-refractivity contribution in [1.82, 2.24) is 10.2 Å². The lowest BCUT2D eigenvalue weighted by atomic mass is 9.97. The number of likely N-dealkylation sites (tertiary alicyclic amines) is 1. The summed E-state index contributed by atoms with van der Waals surface area (Å²) in [5, 5.41) is 3.70. The smallest absolute Gasteiger partial charge is 0.231 e. The van der Waals surface area contributed by atoms with Gasteiger partial charge in [0.05, 0.1) is 12.5 Å². The maximum absolute atomic E-state index is 12.2. The first-order chi connectivity index (χ1) is 11.0. The van der Waals surface area contributed by atoms with Gasteiger partial charge < -0.3 is 11.1 Å². The van der Waals surface area contributed by atoms with Crippen LogP contribution in [-0.4, -0.2) is 48.6 Å². The van der Waals surface area contributed by atoms with E-state index in [0.29, 0.717) is 13.1 Å². The third-order valence-electron chi connectivity index (χ3n) is 3.74. The minimum absolute atomic E-state index is 0.0522. The monoisotopic (exact) mass is 355 g/mol. The van der Waals surface area contributed by atoms with Crippen LogP contribution in [0.5, 0.6) is 0 Å². The number of piperidine rings is 1. The van der Waals surface area contributed by atoms with Crippen molar-refractivity contribution < 1.29 is 9.59 Å². The molecule has 1 saturated heterocycles. The van der Waals surface area contributed by atoms with E-state index in [4.69, 9.17) is 17.3 Å². The van der Waals surface area contributed by atoms with Crippen LogP contribution in [0.3, 0.4) is 0 Å². The zero-order valence-corrected chi connectivity index (χ0v) is 14.5. The summed E-state index contributed by atoms with van der Waals surface area (Å²) in [6.07, 6.45) is 1.79. The standard InChI is InChI=1S/C16H22ClN3O2S/c17-13-3-5-14(6-4-13)23-9-7-19-16(22)12-2-1-8-20(10-12)11-15(18)21/h3-6,12H,1-2,7-11H2,(H2,18,21)(H,19,22)/t12-/m1/s1. The second-order valence-electron chi connectivity index (χ2n) is 5.63. The molecular weight excluding hydrogens is 334 g/mol. The summed E-state index contributed by atoms with van der Waals surface area (Å²) in [5.74, 6) is 0.482. The molecule has 1 heterocycles. The summed E-state index contributed by atoms with van der Waals surface area (Å²) in [6.45, 7) is 2.30. The Hall–Kier alpha value is -1.24. The molecule has 1 atom stereocenters. The number of carbonyl (C=O) groups is 2. The fourth-order valence-corrected chi connectivity index (χ4v) is 3.55. The zero-order chi connectivity index (χ0) is 16.7. The first-order valence-electron chi connectivity index (χ1n) is 7.71. The highest BCUT2D eigenvalue weighted by molar-refractivity contribution is 7.99. The van der Waals surface area contributed by atoms with Crippen molar-refractivity contribution in [3.63, 3.8) is 0 Å². The van der Waals surface area contributed by atoms with Gasteiger partial charge in [-0.15, -0.1) is 11.8 Å². The third kappa shape index (κ3) is 6.41. The summed E-state index contributed by atoms with van der Waals surface area (Å²) in [7, 11) is 0. The first kappa shape index (κ1) is 18.1. The van der Waals surface area contributed by atoms with Gasteiger partial charge in [0.25, 0.3) is 0 Å². The van der Waals surface area contributed by atoms with Gasteiger partial charge in [-0.1, -0.05) is 11.6 Å². The number of halogens is 1. The number of rotatable bonds is 7. The molecule has 1 aromatic rings. The molecule has 3 N–H and O–H groups in total. The van der Waals surface area contributed by atoms with Crippen molar-refractivity contribution in [1.29, 1.82) is 0 Å².